The molecule has 0 amide bonds. The molecule has 76 heavy (non-hydrogen) atoms. The van der Waals surface area contributed by atoms with Gasteiger partial charge in [0.1, 0.15) is 5.60 Å². The molecule has 0 bridgehead atoms. The van der Waals surface area contributed by atoms with Gasteiger partial charge in [0, 0.05) is 17.2 Å². The van der Waals surface area contributed by atoms with Crippen LogP contribution in [0.4, 0.5) is 149 Å². The van der Waals surface area contributed by atoms with Crippen LogP contribution in [0.1, 0.15) is 55.9 Å². The molecule has 1 heterocycles. The second kappa shape index (κ2) is 19.2. The highest BCUT2D eigenvalue weighted by molar-refractivity contribution is 6.73. The molecular formula is C39H31F34NOSi. The number of benzene rings is 2. The van der Waals surface area contributed by atoms with Crippen molar-refractivity contribution in [1.29, 1.82) is 0 Å². The fourth-order valence-corrected chi connectivity index (χ4v) is 10.6. The SMILES string of the molecule is CC[Si](CC)(CC)OC(c1ccc(C(F)(F)C(F)(F)C(F)(F)C(F)(F)C(F)(F)C(F)(F)C(F)(F)C(F)(F)F)cc1)(c1ccc(C(F)(F)C(F)(F)C(F)(F)C(F)(F)C(F)(F)C(F)(F)C(F)(F)C(F)(F)F)cc1)[C@@H]1CCCN1. The van der Waals surface area contributed by atoms with Gasteiger partial charge in [-0.05, 0) is 48.6 Å². The highest BCUT2D eigenvalue weighted by Gasteiger charge is 2.97. The molecule has 1 aliphatic heterocycles. The summed E-state index contributed by atoms with van der Waals surface area (Å²) >= 11 is 0. The number of halogens is 34. The van der Waals surface area contributed by atoms with Gasteiger partial charge in [0.25, 0.3) is 0 Å². The second-order valence-corrected chi connectivity index (χ2v) is 21.6. The molecule has 0 radical (unpaired) electrons. The summed E-state index contributed by atoms with van der Waals surface area (Å²) in [5.41, 5.74) is -10.0. The minimum atomic E-state index is -8.99. The lowest BCUT2D eigenvalue weighted by Gasteiger charge is -2.47. The quantitative estimate of drug-likeness (QED) is 0.0937. The summed E-state index contributed by atoms with van der Waals surface area (Å²) in [6.07, 6.45) is -16.4. The van der Waals surface area contributed by atoms with Crippen LogP contribution in [0.25, 0.3) is 0 Å². The van der Waals surface area contributed by atoms with E-state index in [1.54, 1.807) is 0 Å². The van der Waals surface area contributed by atoms with Gasteiger partial charge in [-0.3, -0.25) is 0 Å². The molecule has 1 saturated heterocycles. The summed E-state index contributed by atoms with van der Waals surface area (Å²) in [6.45, 7) is 3.96. The topological polar surface area (TPSA) is 21.3 Å². The molecule has 0 unspecified atom stereocenters. The summed E-state index contributed by atoms with van der Waals surface area (Å²) in [7, 11) is -3.61. The molecule has 0 saturated carbocycles. The van der Waals surface area contributed by atoms with Crippen molar-refractivity contribution in [2.45, 2.75) is 159 Å². The van der Waals surface area contributed by atoms with E-state index >= 15 is 35.1 Å². The van der Waals surface area contributed by atoms with E-state index in [4.69, 9.17) is 4.43 Å². The Balaban J connectivity index is 2.35. The van der Waals surface area contributed by atoms with E-state index in [0.29, 0.717) is 0 Å². The van der Waals surface area contributed by atoms with Gasteiger partial charge in [-0.25, -0.2) is 0 Å². The van der Waals surface area contributed by atoms with E-state index in [9.17, 15) is 114 Å². The van der Waals surface area contributed by atoms with Crippen molar-refractivity contribution < 1.29 is 154 Å². The second-order valence-electron chi connectivity index (χ2n) is 16.9. The fourth-order valence-electron chi connectivity index (χ4n) is 7.64. The van der Waals surface area contributed by atoms with Crippen molar-refractivity contribution in [2.24, 2.45) is 0 Å². The fraction of sp³-hybridized carbons (Fsp3) is 0.692. The molecule has 440 valence electrons. The van der Waals surface area contributed by atoms with Gasteiger partial charge in [0.05, 0.1) is 0 Å². The average molecular weight is 1200 g/mol. The Kier molecular flexibility index (Phi) is 16.8. The van der Waals surface area contributed by atoms with Gasteiger partial charge < -0.3 is 9.74 Å². The lowest BCUT2D eigenvalue weighted by Crippen LogP contribution is -2.74. The van der Waals surface area contributed by atoms with Crippen LogP contribution in [0.15, 0.2) is 48.5 Å². The van der Waals surface area contributed by atoms with Crippen molar-refractivity contribution in [2.75, 3.05) is 6.54 Å². The third kappa shape index (κ3) is 8.91. The van der Waals surface area contributed by atoms with Crippen LogP contribution in [0, 0.1) is 0 Å². The van der Waals surface area contributed by atoms with E-state index in [0.717, 1.165) is 0 Å². The average Bonchev–Trinajstić information content (AvgIpc) is 3.84. The molecule has 1 aliphatic rings. The molecule has 2 aromatic carbocycles. The summed E-state index contributed by atoms with van der Waals surface area (Å²) < 4.78 is 485. The molecule has 1 N–H and O–H groups in total. The predicted molar refractivity (Wildman–Crippen MR) is 192 cm³/mol. The molecule has 1 atom stereocenters. The molecule has 0 aliphatic carbocycles. The first-order chi connectivity index (χ1) is 33.4. The van der Waals surface area contributed by atoms with Gasteiger partial charge in [0.15, 0.2) is 8.32 Å². The Morgan fingerprint density at radius 2 is 0.579 bits per heavy atom. The van der Waals surface area contributed by atoms with Crippen molar-refractivity contribution in [3.05, 3.63) is 70.8 Å². The Hall–Kier alpha value is -3.80. The standard InChI is InChI=1S/C39H31F34NOSi/c1-4-76(5-2,6-3)75-23(22-8-7-17-74-22,18-9-13-20(14-10-18)24(40,41)26(44,45)28(48,49)30(52,53)32(56,57)34(60,61)36(64,65)38(68,69)70)19-11-15-21(16-12-19)25(42,43)27(46,47)29(50,51)31(54,55)33(58,59)35(62,63)37(66,67)39(71,72)73/h9-16,22,74H,4-8,17H2,1-3H3/t22-/m0/s1. The first-order valence-electron chi connectivity index (χ1n) is 20.5. The molecule has 0 spiro atoms. The minimum Gasteiger partial charge on any atom is -0.402 e. The molecule has 1 fully saturated rings. The van der Waals surface area contributed by atoms with Crippen LogP contribution in [0.5, 0.6) is 0 Å². The van der Waals surface area contributed by atoms with Crippen LogP contribution in [-0.2, 0) is 21.9 Å². The molecule has 2 nitrogen and oxygen atoms in total. The third-order valence-electron chi connectivity index (χ3n) is 12.7. The Morgan fingerprint density at radius 3 is 0.789 bits per heavy atom. The maximum Gasteiger partial charge on any atom is 0.460 e. The Labute approximate surface area is 403 Å². The maximum atomic E-state index is 15.4. The van der Waals surface area contributed by atoms with Crippen molar-refractivity contribution >= 4 is 8.32 Å². The van der Waals surface area contributed by atoms with Crippen LogP contribution in [0.2, 0.25) is 18.1 Å². The van der Waals surface area contributed by atoms with Gasteiger partial charge in [0.2, 0.25) is 0 Å². The number of rotatable bonds is 22. The number of alkyl halides is 34. The van der Waals surface area contributed by atoms with E-state index in [-0.39, 0.29) is 61.8 Å². The van der Waals surface area contributed by atoms with Gasteiger partial charge in [-0.2, -0.15) is 149 Å². The van der Waals surface area contributed by atoms with Gasteiger partial charge in [-0.1, -0.05) is 69.3 Å². The van der Waals surface area contributed by atoms with Gasteiger partial charge in [-0.15, -0.1) is 0 Å². The van der Waals surface area contributed by atoms with Gasteiger partial charge >= 0.3 is 95.3 Å². The number of hydrogen-bond donors (Lipinski definition) is 1. The Morgan fingerprint density at radius 1 is 0.355 bits per heavy atom. The zero-order valence-corrected chi connectivity index (χ0v) is 38.2. The van der Waals surface area contributed by atoms with Crippen molar-refractivity contribution in [3.8, 4) is 0 Å². The molecular weight excluding hydrogens is 1170 g/mol. The summed E-state index contributed by atoms with van der Waals surface area (Å²) in [6, 6.07) is -3.61. The van der Waals surface area contributed by atoms with E-state index in [2.05, 4.69) is 5.32 Å². The summed E-state index contributed by atoms with van der Waals surface area (Å²) in [5.74, 6) is -119. The monoisotopic (exact) mass is 1200 g/mol. The third-order valence-corrected chi connectivity index (χ3v) is 17.3. The smallest absolute Gasteiger partial charge is 0.402 e. The lowest BCUT2D eigenvalue weighted by atomic mass is 9.78. The van der Waals surface area contributed by atoms with E-state index < -0.39 is 162 Å². The predicted octanol–water partition coefficient (Wildman–Crippen LogP) is 16.6. The minimum absolute atomic E-state index is 0.0385. The Bertz CT molecular complexity index is 2180. The highest BCUT2D eigenvalue weighted by atomic mass is 28.4. The maximum absolute atomic E-state index is 15.4. The van der Waals surface area contributed by atoms with Crippen LogP contribution < -0.4 is 5.32 Å². The van der Waals surface area contributed by atoms with E-state index in [1.807, 2.05) is 0 Å². The molecule has 2 aromatic rings. The van der Waals surface area contributed by atoms with Crippen molar-refractivity contribution in [1.82, 2.24) is 5.32 Å². The first-order valence-corrected chi connectivity index (χ1v) is 23.0. The number of nitrogens with one attached hydrogen (secondary N) is 1. The zero-order valence-electron chi connectivity index (χ0n) is 37.2. The largest absolute Gasteiger partial charge is 0.460 e. The molecule has 3 rings (SSSR count). The number of hydrogen-bond acceptors (Lipinski definition) is 2. The molecule has 0 aromatic heterocycles. The van der Waals surface area contributed by atoms with Crippen molar-refractivity contribution in [3.63, 3.8) is 0 Å². The van der Waals surface area contributed by atoms with Crippen LogP contribution in [0.3, 0.4) is 0 Å². The summed E-state index contributed by atoms with van der Waals surface area (Å²) in [4.78, 5) is 0. The normalized spacial score (nSPS) is 17.9. The first kappa shape index (κ1) is 66.5. The van der Waals surface area contributed by atoms with E-state index in [1.165, 1.54) is 20.8 Å². The molecule has 37 heteroatoms. The highest BCUT2D eigenvalue weighted by Crippen LogP contribution is 2.67. The van der Waals surface area contributed by atoms with Crippen LogP contribution in [-0.4, -0.2) is 104 Å². The zero-order chi connectivity index (χ0) is 60.2. The van der Waals surface area contributed by atoms with Crippen LogP contribution >= 0.6 is 0 Å². The lowest BCUT2D eigenvalue weighted by molar-refractivity contribution is -0.462. The summed E-state index contributed by atoms with van der Waals surface area (Å²) in [5, 5.41) is 2.68.